The monoisotopic (exact) mass is 473 g/mol. The molecule has 3 aromatic rings. The van der Waals surface area contributed by atoms with Gasteiger partial charge in [0.15, 0.2) is 0 Å². The van der Waals surface area contributed by atoms with Gasteiger partial charge < -0.3 is 19.6 Å². The summed E-state index contributed by atoms with van der Waals surface area (Å²) >= 11 is 0. The van der Waals surface area contributed by atoms with Crippen LogP contribution in [0.15, 0.2) is 36.4 Å². The molecule has 1 fully saturated rings. The number of aliphatic carboxylic acids is 1. The number of ether oxygens (including phenoxy) is 2. The molecule has 180 valence electrons. The number of hydrogen-bond acceptors (Lipinski definition) is 3. The molecule has 1 aliphatic carbocycles. The van der Waals surface area contributed by atoms with Crippen LogP contribution in [-0.4, -0.2) is 22.7 Å². The van der Waals surface area contributed by atoms with Crippen LogP contribution in [-0.2, 0) is 28.7 Å². The largest absolute Gasteiger partial charge is 0.489 e. The van der Waals surface area contributed by atoms with Crippen LogP contribution in [0.2, 0.25) is 0 Å². The Morgan fingerprint density at radius 3 is 2.68 bits per heavy atom. The Kier molecular flexibility index (Phi) is 6.02. The molecule has 0 bridgehead atoms. The molecule has 1 saturated carbocycles. The van der Waals surface area contributed by atoms with E-state index in [0.29, 0.717) is 29.9 Å². The summed E-state index contributed by atoms with van der Waals surface area (Å²) in [5, 5.41) is 10.1. The third-order valence-corrected chi connectivity index (χ3v) is 6.89. The zero-order chi connectivity index (χ0) is 23.9. The Hall–Kier alpha value is -3.00. The maximum atomic E-state index is 13.8. The van der Waals surface area contributed by atoms with Gasteiger partial charge in [0.2, 0.25) is 0 Å². The summed E-state index contributed by atoms with van der Waals surface area (Å²) in [5.41, 5.74) is 2.92. The van der Waals surface area contributed by atoms with Crippen molar-refractivity contribution in [2.45, 2.75) is 63.3 Å². The van der Waals surface area contributed by atoms with Crippen molar-refractivity contribution in [1.82, 2.24) is 4.98 Å². The second-order valence-electron chi connectivity index (χ2n) is 9.12. The lowest BCUT2D eigenvalue weighted by Gasteiger charge is -2.22. The van der Waals surface area contributed by atoms with E-state index in [-0.39, 0.29) is 18.9 Å². The number of alkyl halides is 3. The van der Waals surface area contributed by atoms with Gasteiger partial charge in [-0.15, -0.1) is 0 Å². The van der Waals surface area contributed by atoms with Crippen molar-refractivity contribution in [1.29, 1.82) is 0 Å². The van der Waals surface area contributed by atoms with Gasteiger partial charge in [-0.2, -0.15) is 13.2 Å². The lowest BCUT2D eigenvalue weighted by atomic mass is 9.91. The molecule has 8 heteroatoms. The number of rotatable bonds is 6. The van der Waals surface area contributed by atoms with Gasteiger partial charge in [0.05, 0.1) is 18.6 Å². The Labute approximate surface area is 194 Å². The second kappa shape index (κ2) is 8.98. The molecule has 5 nitrogen and oxygen atoms in total. The maximum Gasteiger partial charge on any atom is 0.416 e. The SMILES string of the molecule is O=C(O)C[C@@H]1OCCc2c1[nH]c1ccc(OCc3ccc(C4CCCC4)c(C(F)(F)F)c3)cc21. The smallest absolute Gasteiger partial charge is 0.416 e. The molecule has 1 aromatic heterocycles. The number of benzene rings is 2. The Morgan fingerprint density at radius 1 is 1.15 bits per heavy atom. The van der Waals surface area contributed by atoms with Gasteiger partial charge in [-0.1, -0.05) is 25.0 Å². The third kappa shape index (κ3) is 4.51. The number of H-pyrrole nitrogens is 1. The fourth-order valence-electron chi connectivity index (χ4n) is 5.29. The van der Waals surface area contributed by atoms with Crippen LogP contribution in [0.1, 0.15) is 72.1 Å². The predicted octanol–water partition coefficient (Wildman–Crippen LogP) is 6.51. The summed E-state index contributed by atoms with van der Waals surface area (Å²) in [4.78, 5) is 14.4. The molecule has 5 rings (SSSR count). The topological polar surface area (TPSA) is 71.5 Å². The lowest BCUT2D eigenvalue weighted by Crippen LogP contribution is -2.18. The van der Waals surface area contributed by atoms with Gasteiger partial charge in [0.25, 0.3) is 0 Å². The molecule has 0 amide bonds. The fraction of sp³-hybridized carbons (Fsp3) is 0.423. The summed E-state index contributed by atoms with van der Waals surface area (Å²) in [6.07, 6.45) is -0.851. The van der Waals surface area contributed by atoms with Crippen molar-refractivity contribution in [2.75, 3.05) is 6.61 Å². The van der Waals surface area contributed by atoms with E-state index in [1.807, 2.05) is 12.1 Å². The highest BCUT2D eigenvalue weighted by Crippen LogP contribution is 2.42. The van der Waals surface area contributed by atoms with E-state index < -0.39 is 23.8 Å². The summed E-state index contributed by atoms with van der Waals surface area (Å²) in [7, 11) is 0. The Bertz CT molecular complexity index is 1210. The minimum absolute atomic E-state index is 0.0247. The van der Waals surface area contributed by atoms with Crippen molar-refractivity contribution in [3.63, 3.8) is 0 Å². The Morgan fingerprint density at radius 2 is 1.94 bits per heavy atom. The van der Waals surface area contributed by atoms with E-state index in [0.717, 1.165) is 47.8 Å². The maximum absolute atomic E-state index is 13.8. The predicted molar refractivity (Wildman–Crippen MR) is 120 cm³/mol. The molecular weight excluding hydrogens is 447 g/mol. The van der Waals surface area contributed by atoms with Gasteiger partial charge >= 0.3 is 12.1 Å². The van der Waals surface area contributed by atoms with Crippen LogP contribution in [0.3, 0.4) is 0 Å². The van der Waals surface area contributed by atoms with Crippen LogP contribution in [0.4, 0.5) is 13.2 Å². The minimum atomic E-state index is -4.40. The highest BCUT2D eigenvalue weighted by molar-refractivity contribution is 5.86. The normalized spacial score (nSPS) is 18.9. The number of carboxylic acids is 1. The molecule has 2 N–H and O–H groups in total. The molecule has 0 unspecified atom stereocenters. The van der Waals surface area contributed by atoms with Crippen molar-refractivity contribution < 1.29 is 32.5 Å². The number of aromatic amines is 1. The minimum Gasteiger partial charge on any atom is -0.489 e. The van der Waals surface area contributed by atoms with Crippen LogP contribution >= 0.6 is 0 Å². The van der Waals surface area contributed by atoms with Gasteiger partial charge in [-0.05, 0) is 66.1 Å². The van der Waals surface area contributed by atoms with E-state index in [4.69, 9.17) is 14.6 Å². The van der Waals surface area contributed by atoms with Gasteiger partial charge in [-0.3, -0.25) is 4.79 Å². The van der Waals surface area contributed by atoms with Crippen molar-refractivity contribution in [2.24, 2.45) is 0 Å². The first-order valence-corrected chi connectivity index (χ1v) is 11.6. The molecule has 0 radical (unpaired) electrons. The van der Waals surface area contributed by atoms with E-state index in [1.165, 1.54) is 6.07 Å². The number of aromatic nitrogens is 1. The van der Waals surface area contributed by atoms with E-state index >= 15 is 0 Å². The fourth-order valence-corrected chi connectivity index (χ4v) is 5.29. The summed E-state index contributed by atoms with van der Waals surface area (Å²) in [6, 6.07) is 10.0. The molecule has 1 aliphatic heterocycles. The summed E-state index contributed by atoms with van der Waals surface area (Å²) < 4.78 is 52.8. The molecule has 2 aliphatic rings. The first-order valence-electron chi connectivity index (χ1n) is 11.6. The number of halogens is 3. The zero-order valence-electron chi connectivity index (χ0n) is 18.6. The standard InChI is InChI=1S/C26H26F3NO4/c27-26(28,29)21-11-15(5-7-18(21)16-3-1-2-4-16)14-34-17-6-8-22-20(12-17)19-9-10-33-23(13-24(31)32)25(19)30-22/h5-8,11-12,16,23,30H,1-4,9-10,13-14H2,(H,31,32)/t23-/m0/s1. The number of nitrogens with one attached hydrogen (secondary N) is 1. The highest BCUT2D eigenvalue weighted by Gasteiger charge is 2.36. The van der Waals surface area contributed by atoms with Crippen molar-refractivity contribution in [3.05, 3.63) is 64.3 Å². The average molecular weight is 473 g/mol. The number of carboxylic acid groups (broad SMARTS) is 1. The molecule has 0 spiro atoms. The molecule has 34 heavy (non-hydrogen) atoms. The quantitative estimate of drug-likeness (QED) is 0.428. The third-order valence-electron chi connectivity index (χ3n) is 6.89. The van der Waals surface area contributed by atoms with Crippen LogP contribution in [0.25, 0.3) is 10.9 Å². The summed E-state index contributed by atoms with van der Waals surface area (Å²) in [6.45, 7) is 0.452. The lowest BCUT2D eigenvalue weighted by molar-refractivity contribution is -0.141. The van der Waals surface area contributed by atoms with Gasteiger partial charge in [0, 0.05) is 16.6 Å². The van der Waals surface area contributed by atoms with E-state index in [9.17, 15) is 18.0 Å². The molecular formula is C26H26F3NO4. The number of hydrogen-bond donors (Lipinski definition) is 2. The number of fused-ring (bicyclic) bond motifs is 3. The van der Waals surface area contributed by atoms with Gasteiger partial charge in [0.1, 0.15) is 18.5 Å². The first kappa shape index (κ1) is 22.8. The van der Waals surface area contributed by atoms with Crippen LogP contribution in [0.5, 0.6) is 5.75 Å². The second-order valence-corrected chi connectivity index (χ2v) is 9.12. The van der Waals surface area contributed by atoms with Gasteiger partial charge in [-0.25, -0.2) is 0 Å². The molecule has 1 atom stereocenters. The van der Waals surface area contributed by atoms with E-state index in [1.54, 1.807) is 18.2 Å². The van der Waals surface area contributed by atoms with Crippen molar-refractivity contribution >= 4 is 16.9 Å². The average Bonchev–Trinajstić information content (AvgIpc) is 3.45. The molecule has 0 saturated heterocycles. The van der Waals surface area contributed by atoms with Crippen LogP contribution < -0.4 is 4.74 Å². The first-order chi connectivity index (χ1) is 16.3. The van der Waals surface area contributed by atoms with Crippen molar-refractivity contribution in [3.8, 4) is 5.75 Å². The van der Waals surface area contributed by atoms with Crippen LogP contribution in [0, 0.1) is 0 Å². The number of carbonyl (C=O) groups is 1. The molecule has 2 aromatic carbocycles. The summed E-state index contributed by atoms with van der Waals surface area (Å²) in [5.74, 6) is -0.413. The van der Waals surface area contributed by atoms with E-state index in [2.05, 4.69) is 4.98 Å². The highest BCUT2D eigenvalue weighted by atomic mass is 19.4. The zero-order valence-corrected chi connectivity index (χ0v) is 18.6. The Balaban J connectivity index is 1.37. The molecule has 2 heterocycles.